The average molecular weight is 386 g/mol. The fourth-order valence-electron chi connectivity index (χ4n) is 3.34. The van der Waals surface area contributed by atoms with Crippen LogP contribution in [0.3, 0.4) is 0 Å². The Kier molecular flexibility index (Phi) is 5.42. The fourth-order valence-corrected chi connectivity index (χ4v) is 4.20. The second-order valence-electron chi connectivity index (χ2n) is 6.88. The zero-order valence-electron chi connectivity index (χ0n) is 15.0. The Hall–Kier alpha value is -2.35. The van der Waals surface area contributed by atoms with E-state index in [1.807, 2.05) is 23.1 Å². The molecule has 2 fully saturated rings. The summed E-state index contributed by atoms with van der Waals surface area (Å²) in [5.41, 5.74) is 0. The third-order valence-corrected chi connectivity index (χ3v) is 5.98. The summed E-state index contributed by atoms with van der Waals surface area (Å²) in [4.78, 5) is 31.6. The van der Waals surface area contributed by atoms with Gasteiger partial charge in [-0.3, -0.25) is 9.59 Å². The SMILES string of the molecule is O=C1NCCCC1c1noc(C2CN(C(=O)CCSc3ccccc3)C2)n1. The molecule has 1 aromatic heterocycles. The zero-order chi connectivity index (χ0) is 18.6. The van der Waals surface area contributed by atoms with E-state index in [-0.39, 0.29) is 23.7 Å². The predicted octanol–water partition coefficient (Wildman–Crippen LogP) is 2.17. The number of rotatable bonds is 6. The van der Waals surface area contributed by atoms with Crippen molar-refractivity contribution in [3.63, 3.8) is 0 Å². The van der Waals surface area contributed by atoms with Gasteiger partial charge in [0.25, 0.3) is 0 Å². The number of amides is 2. The number of hydrogen-bond donors (Lipinski definition) is 1. The molecule has 0 saturated carbocycles. The van der Waals surface area contributed by atoms with Gasteiger partial charge in [0.05, 0.1) is 5.92 Å². The van der Waals surface area contributed by atoms with Crippen LogP contribution >= 0.6 is 11.8 Å². The van der Waals surface area contributed by atoms with Crippen molar-refractivity contribution in [2.45, 2.75) is 36.0 Å². The molecule has 142 valence electrons. The molecule has 2 aromatic rings. The van der Waals surface area contributed by atoms with Crippen LogP contribution in [0.25, 0.3) is 0 Å². The van der Waals surface area contributed by atoms with E-state index in [0.29, 0.717) is 37.8 Å². The number of carbonyl (C=O) groups excluding carboxylic acids is 2. The largest absolute Gasteiger partial charge is 0.355 e. The Bertz CT molecular complexity index is 804. The van der Waals surface area contributed by atoms with Gasteiger partial charge in [-0.25, -0.2) is 0 Å². The van der Waals surface area contributed by atoms with Crippen LogP contribution in [-0.2, 0) is 9.59 Å². The predicted molar refractivity (Wildman–Crippen MR) is 100 cm³/mol. The highest BCUT2D eigenvalue weighted by Gasteiger charge is 2.36. The number of nitrogens with zero attached hydrogens (tertiary/aromatic N) is 3. The number of hydrogen-bond acceptors (Lipinski definition) is 6. The first-order valence-electron chi connectivity index (χ1n) is 9.27. The Labute approximate surface area is 161 Å². The van der Waals surface area contributed by atoms with Crippen molar-refractivity contribution in [2.75, 3.05) is 25.4 Å². The van der Waals surface area contributed by atoms with Crippen LogP contribution in [-0.4, -0.2) is 52.2 Å². The molecule has 3 heterocycles. The van der Waals surface area contributed by atoms with Crippen LogP contribution in [0.4, 0.5) is 0 Å². The molecule has 2 amide bonds. The maximum absolute atomic E-state index is 12.3. The van der Waals surface area contributed by atoms with Gasteiger partial charge >= 0.3 is 0 Å². The average Bonchev–Trinajstić information content (AvgIpc) is 3.11. The summed E-state index contributed by atoms with van der Waals surface area (Å²) in [7, 11) is 0. The van der Waals surface area contributed by atoms with Crippen LogP contribution in [0.15, 0.2) is 39.8 Å². The van der Waals surface area contributed by atoms with E-state index in [1.54, 1.807) is 11.8 Å². The summed E-state index contributed by atoms with van der Waals surface area (Å²) in [6, 6.07) is 10.1. The van der Waals surface area contributed by atoms with Gasteiger partial charge in [-0.1, -0.05) is 23.4 Å². The van der Waals surface area contributed by atoms with Gasteiger partial charge in [0.15, 0.2) is 5.82 Å². The molecule has 0 bridgehead atoms. The van der Waals surface area contributed by atoms with Gasteiger partial charge in [0.1, 0.15) is 5.92 Å². The van der Waals surface area contributed by atoms with Crippen molar-refractivity contribution in [1.29, 1.82) is 0 Å². The number of thioether (sulfide) groups is 1. The maximum Gasteiger partial charge on any atom is 0.233 e. The molecule has 1 N–H and O–H groups in total. The summed E-state index contributed by atoms with van der Waals surface area (Å²) in [6.07, 6.45) is 2.19. The van der Waals surface area contributed by atoms with Crippen molar-refractivity contribution in [2.24, 2.45) is 0 Å². The first-order chi connectivity index (χ1) is 13.2. The summed E-state index contributed by atoms with van der Waals surface area (Å²) >= 11 is 1.69. The molecule has 2 saturated heterocycles. The smallest absolute Gasteiger partial charge is 0.233 e. The zero-order valence-corrected chi connectivity index (χ0v) is 15.8. The van der Waals surface area contributed by atoms with Gasteiger partial charge in [-0.15, -0.1) is 11.8 Å². The number of aromatic nitrogens is 2. The topological polar surface area (TPSA) is 88.3 Å². The number of piperidine rings is 1. The second-order valence-corrected chi connectivity index (χ2v) is 8.05. The van der Waals surface area contributed by atoms with Crippen LogP contribution < -0.4 is 5.32 Å². The van der Waals surface area contributed by atoms with Gasteiger partial charge in [-0.05, 0) is 25.0 Å². The number of benzene rings is 1. The Balaban J connectivity index is 1.23. The molecule has 27 heavy (non-hydrogen) atoms. The molecule has 1 atom stereocenters. The van der Waals surface area contributed by atoms with E-state index in [1.165, 1.54) is 4.90 Å². The Morgan fingerprint density at radius 3 is 2.89 bits per heavy atom. The molecule has 0 aliphatic carbocycles. The third-order valence-electron chi connectivity index (χ3n) is 4.97. The monoisotopic (exact) mass is 386 g/mol. The van der Waals surface area contributed by atoms with Crippen molar-refractivity contribution >= 4 is 23.6 Å². The van der Waals surface area contributed by atoms with Crippen molar-refractivity contribution in [1.82, 2.24) is 20.4 Å². The summed E-state index contributed by atoms with van der Waals surface area (Å²) in [5, 5.41) is 6.83. The molecule has 2 aliphatic rings. The lowest BCUT2D eigenvalue weighted by molar-refractivity contribution is -0.135. The molecular weight excluding hydrogens is 364 g/mol. The third kappa shape index (κ3) is 4.16. The maximum atomic E-state index is 12.3. The standard InChI is InChI=1S/C19H22N4O3S/c24-16(8-10-27-14-5-2-1-3-6-14)23-11-13(12-23)19-21-17(22-26-19)15-7-4-9-20-18(15)25/h1-3,5-6,13,15H,4,7-12H2,(H,20,25). The lowest BCUT2D eigenvalue weighted by atomic mass is 9.97. The molecule has 7 nitrogen and oxygen atoms in total. The number of carbonyl (C=O) groups is 2. The van der Waals surface area contributed by atoms with E-state index < -0.39 is 0 Å². The van der Waals surface area contributed by atoms with Crippen LogP contribution in [0.5, 0.6) is 0 Å². The molecule has 0 spiro atoms. The molecule has 2 aliphatic heterocycles. The normalized spacial score (nSPS) is 20.2. The van der Waals surface area contributed by atoms with Gasteiger partial charge in [0, 0.05) is 36.7 Å². The van der Waals surface area contributed by atoms with E-state index >= 15 is 0 Å². The number of likely N-dealkylation sites (tertiary alicyclic amines) is 1. The molecular formula is C19H22N4O3S. The van der Waals surface area contributed by atoms with Crippen LogP contribution in [0.1, 0.15) is 42.8 Å². The highest BCUT2D eigenvalue weighted by Crippen LogP contribution is 2.29. The summed E-state index contributed by atoms with van der Waals surface area (Å²) in [6.45, 7) is 1.92. The van der Waals surface area contributed by atoms with Gasteiger partial charge < -0.3 is 14.7 Å². The minimum absolute atomic E-state index is 0.0325. The lowest BCUT2D eigenvalue weighted by Gasteiger charge is -2.37. The van der Waals surface area contributed by atoms with Crippen LogP contribution in [0.2, 0.25) is 0 Å². The van der Waals surface area contributed by atoms with Crippen molar-refractivity contribution in [3.05, 3.63) is 42.0 Å². The minimum Gasteiger partial charge on any atom is -0.355 e. The first kappa shape index (κ1) is 18.0. The second kappa shape index (κ2) is 8.12. The minimum atomic E-state index is -0.316. The van der Waals surface area contributed by atoms with Crippen molar-refractivity contribution < 1.29 is 14.1 Å². The van der Waals surface area contributed by atoms with Gasteiger partial charge in [-0.2, -0.15) is 4.98 Å². The summed E-state index contributed by atoms with van der Waals surface area (Å²) < 4.78 is 5.35. The quantitative estimate of drug-likeness (QED) is 0.766. The van der Waals surface area contributed by atoms with E-state index in [2.05, 4.69) is 27.6 Å². The Morgan fingerprint density at radius 2 is 2.11 bits per heavy atom. The lowest BCUT2D eigenvalue weighted by Crippen LogP contribution is -2.48. The summed E-state index contributed by atoms with van der Waals surface area (Å²) in [5.74, 6) is 1.65. The molecule has 4 rings (SSSR count). The first-order valence-corrected chi connectivity index (χ1v) is 10.3. The molecule has 0 radical (unpaired) electrons. The van der Waals surface area contributed by atoms with E-state index in [4.69, 9.17) is 4.52 Å². The molecule has 1 aromatic carbocycles. The van der Waals surface area contributed by atoms with Gasteiger partial charge in [0.2, 0.25) is 17.7 Å². The van der Waals surface area contributed by atoms with Crippen LogP contribution in [0, 0.1) is 0 Å². The molecule has 8 heteroatoms. The highest BCUT2D eigenvalue weighted by atomic mass is 32.2. The van der Waals surface area contributed by atoms with E-state index in [9.17, 15) is 9.59 Å². The Morgan fingerprint density at radius 1 is 1.30 bits per heavy atom. The van der Waals surface area contributed by atoms with E-state index in [0.717, 1.165) is 18.6 Å². The van der Waals surface area contributed by atoms with Crippen molar-refractivity contribution in [3.8, 4) is 0 Å². The fraction of sp³-hybridized carbons (Fsp3) is 0.474. The highest BCUT2D eigenvalue weighted by molar-refractivity contribution is 7.99. The number of nitrogens with one attached hydrogen (secondary N) is 1. The molecule has 1 unspecified atom stereocenters.